The lowest BCUT2D eigenvalue weighted by atomic mass is 10.0. The molecule has 48 valence electrons. The van der Waals surface area contributed by atoms with E-state index >= 15 is 0 Å². The lowest BCUT2D eigenvalue weighted by molar-refractivity contribution is 0.104. The molecule has 0 aromatic heterocycles. The predicted molar refractivity (Wildman–Crippen MR) is 32.7 cm³/mol. The van der Waals surface area contributed by atoms with Crippen LogP contribution in [0.2, 0.25) is 0 Å². The van der Waals surface area contributed by atoms with E-state index in [4.69, 9.17) is 5.11 Å². The maximum atomic E-state index is 9.12. The van der Waals surface area contributed by atoms with Crippen molar-refractivity contribution < 1.29 is 5.11 Å². The molecule has 1 aliphatic heterocycles. The molecule has 0 aromatic carbocycles. The minimum atomic E-state index is -0.108. The number of hydrogen-bond donors (Lipinski definition) is 2. The average molecular weight is 115 g/mol. The average Bonchev–Trinajstić information content (AvgIpc) is 1.77. The highest BCUT2D eigenvalue weighted by molar-refractivity contribution is 4.75. The van der Waals surface area contributed by atoms with Gasteiger partial charge in [0, 0.05) is 6.04 Å². The highest BCUT2D eigenvalue weighted by atomic mass is 16.3. The summed E-state index contributed by atoms with van der Waals surface area (Å²) in [5.74, 6) is 0. The molecule has 0 aromatic rings. The highest BCUT2D eigenvalue weighted by Gasteiger charge is 2.16. The molecule has 0 aliphatic carbocycles. The topological polar surface area (TPSA) is 32.3 Å². The van der Waals surface area contributed by atoms with Crippen molar-refractivity contribution in [3.05, 3.63) is 0 Å². The normalized spacial score (nSPS) is 39.8. The van der Waals surface area contributed by atoms with Gasteiger partial charge in [0.05, 0.1) is 6.10 Å². The van der Waals surface area contributed by atoms with Gasteiger partial charge in [-0.15, -0.1) is 0 Å². The van der Waals surface area contributed by atoms with Crippen LogP contribution in [0.15, 0.2) is 0 Å². The van der Waals surface area contributed by atoms with Crippen molar-refractivity contribution in [2.75, 3.05) is 6.54 Å². The molecule has 1 fully saturated rings. The Morgan fingerprint density at radius 1 is 1.62 bits per heavy atom. The maximum absolute atomic E-state index is 9.12. The second-order valence-corrected chi connectivity index (χ2v) is 2.45. The molecule has 0 bridgehead atoms. The molecule has 1 rings (SSSR count). The third-order valence-electron chi connectivity index (χ3n) is 1.72. The van der Waals surface area contributed by atoms with Crippen LogP contribution in [0.3, 0.4) is 0 Å². The van der Waals surface area contributed by atoms with Crippen LogP contribution in [0.25, 0.3) is 0 Å². The van der Waals surface area contributed by atoms with E-state index in [1.807, 2.05) is 6.92 Å². The molecule has 1 saturated heterocycles. The van der Waals surface area contributed by atoms with E-state index in [1.165, 1.54) is 0 Å². The Morgan fingerprint density at radius 3 is 2.75 bits per heavy atom. The zero-order valence-corrected chi connectivity index (χ0v) is 5.22. The van der Waals surface area contributed by atoms with Crippen LogP contribution in [0.4, 0.5) is 0 Å². The van der Waals surface area contributed by atoms with E-state index in [0.717, 1.165) is 19.4 Å². The SMILES string of the molecule is C[C@@H]1NCCC[C@@H]1O. The van der Waals surface area contributed by atoms with Crippen molar-refractivity contribution >= 4 is 0 Å². The Hall–Kier alpha value is -0.0800. The Kier molecular flexibility index (Phi) is 1.86. The van der Waals surface area contributed by atoms with Gasteiger partial charge in [0.1, 0.15) is 0 Å². The lowest BCUT2D eigenvalue weighted by Gasteiger charge is -2.25. The number of piperidine rings is 1. The van der Waals surface area contributed by atoms with Crippen LogP contribution in [-0.2, 0) is 0 Å². The third-order valence-corrected chi connectivity index (χ3v) is 1.72. The maximum Gasteiger partial charge on any atom is 0.0690 e. The van der Waals surface area contributed by atoms with E-state index in [1.54, 1.807) is 0 Å². The molecule has 0 radical (unpaired) electrons. The second kappa shape index (κ2) is 2.46. The van der Waals surface area contributed by atoms with E-state index in [9.17, 15) is 0 Å². The molecule has 0 unspecified atom stereocenters. The number of rotatable bonds is 0. The van der Waals surface area contributed by atoms with Gasteiger partial charge in [-0.25, -0.2) is 0 Å². The zero-order chi connectivity index (χ0) is 5.98. The van der Waals surface area contributed by atoms with Gasteiger partial charge in [-0.1, -0.05) is 0 Å². The van der Waals surface area contributed by atoms with Crippen LogP contribution in [-0.4, -0.2) is 23.8 Å². The first kappa shape index (κ1) is 6.05. The lowest BCUT2D eigenvalue weighted by Crippen LogP contribution is -2.42. The molecule has 0 amide bonds. The van der Waals surface area contributed by atoms with Crippen LogP contribution in [0.5, 0.6) is 0 Å². The number of nitrogens with one attached hydrogen (secondary N) is 1. The first-order valence-electron chi connectivity index (χ1n) is 3.22. The minimum absolute atomic E-state index is 0.108. The van der Waals surface area contributed by atoms with Gasteiger partial charge in [0.2, 0.25) is 0 Å². The fraction of sp³-hybridized carbons (Fsp3) is 1.00. The minimum Gasteiger partial charge on any atom is -0.392 e. The van der Waals surface area contributed by atoms with Crippen LogP contribution in [0, 0.1) is 0 Å². The first-order chi connectivity index (χ1) is 3.80. The monoisotopic (exact) mass is 115 g/mol. The summed E-state index contributed by atoms with van der Waals surface area (Å²) < 4.78 is 0. The fourth-order valence-electron chi connectivity index (χ4n) is 1.03. The number of hydrogen-bond acceptors (Lipinski definition) is 2. The summed E-state index contributed by atoms with van der Waals surface area (Å²) in [6.45, 7) is 3.09. The summed E-state index contributed by atoms with van der Waals surface area (Å²) in [6, 6.07) is 0.309. The Morgan fingerprint density at radius 2 is 2.38 bits per heavy atom. The van der Waals surface area contributed by atoms with Crippen LogP contribution < -0.4 is 5.32 Å². The smallest absolute Gasteiger partial charge is 0.0690 e. The van der Waals surface area contributed by atoms with Crippen molar-refractivity contribution in [1.29, 1.82) is 0 Å². The standard InChI is InChI=1S/C6H13NO/c1-5-6(8)3-2-4-7-5/h5-8H,2-4H2,1H3/t5-,6-/m0/s1. The predicted octanol–water partition coefficient (Wildman–Crippen LogP) is 0.119. The van der Waals surface area contributed by atoms with E-state index < -0.39 is 0 Å². The van der Waals surface area contributed by atoms with Gasteiger partial charge in [-0.3, -0.25) is 0 Å². The molecule has 0 spiro atoms. The Balaban J connectivity index is 2.28. The summed E-state index contributed by atoms with van der Waals surface area (Å²) in [5.41, 5.74) is 0. The molecular weight excluding hydrogens is 102 g/mol. The van der Waals surface area contributed by atoms with E-state index in [2.05, 4.69) is 5.32 Å². The third kappa shape index (κ3) is 1.20. The molecule has 2 heteroatoms. The quantitative estimate of drug-likeness (QED) is 0.470. The number of aliphatic hydroxyl groups is 1. The summed E-state index contributed by atoms with van der Waals surface area (Å²) in [4.78, 5) is 0. The van der Waals surface area contributed by atoms with Crippen molar-refractivity contribution in [3.63, 3.8) is 0 Å². The Labute approximate surface area is 49.9 Å². The van der Waals surface area contributed by atoms with Crippen LogP contribution in [0.1, 0.15) is 19.8 Å². The van der Waals surface area contributed by atoms with Gasteiger partial charge < -0.3 is 10.4 Å². The Bertz CT molecular complexity index is 64.9. The molecule has 2 N–H and O–H groups in total. The summed E-state index contributed by atoms with van der Waals surface area (Å²) >= 11 is 0. The van der Waals surface area contributed by atoms with Crippen molar-refractivity contribution in [2.24, 2.45) is 0 Å². The summed E-state index contributed by atoms with van der Waals surface area (Å²) in [6.07, 6.45) is 1.98. The largest absolute Gasteiger partial charge is 0.392 e. The van der Waals surface area contributed by atoms with Gasteiger partial charge in [0.15, 0.2) is 0 Å². The van der Waals surface area contributed by atoms with E-state index in [0.29, 0.717) is 6.04 Å². The van der Waals surface area contributed by atoms with E-state index in [-0.39, 0.29) is 6.10 Å². The number of aliphatic hydroxyl groups excluding tert-OH is 1. The molecule has 1 heterocycles. The second-order valence-electron chi connectivity index (χ2n) is 2.45. The summed E-state index contributed by atoms with van der Waals surface area (Å²) in [7, 11) is 0. The molecule has 1 aliphatic rings. The van der Waals surface area contributed by atoms with Gasteiger partial charge in [-0.2, -0.15) is 0 Å². The van der Waals surface area contributed by atoms with Gasteiger partial charge in [0.25, 0.3) is 0 Å². The molecule has 8 heavy (non-hydrogen) atoms. The van der Waals surface area contributed by atoms with Crippen molar-refractivity contribution in [3.8, 4) is 0 Å². The fourth-order valence-corrected chi connectivity index (χ4v) is 1.03. The molecule has 2 nitrogen and oxygen atoms in total. The summed E-state index contributed by atoms with van der Waals surface area (Å²) in [5, 5.41) is 12.3. The molecule has 0 saturated carbocycles. The van der Waals surface area contributed by atoms with Crippen molar-refractivity contribution in [2.45, 2.75) is 31.9 Å². The molecule has 2 atom stereocenters. The van der Waals surface area contributed by atoms with Crippen molar-refractivity contribution in [1.82, 2.24) is 5.32 Å². The highest BCUT2D eigenvalue weighted by Crippen LogP contribution is 2.06. The van der Waals surface area contributed by atoms with Crippen LogP contribution >= 0.6 is 0 Å². The van der Waals surface area contributed by atoms with Gasteiger partial charge >= 0.3 is 0 Å². The molecular formula is C6H13NO. The zero-order valence-electron chi connectivity index (χ0n) is 5.22. The van der Waals surface area contributed by atoms with Gasteiger partial charge in [-0.05, 0) is 26.3 Å². The first-order valence-corrected chi connectivity index (χ1v) is 3.22.